The highest BCUT2D eigenvalue weighted by molar-refractivity contribution is 7.92. The molecule has 0 aliphatic heterocycles. The van der Waals surface area contributed by atoms with Crippen LogP contribution >= 0.6 is 0 Å². The molecule has 1 N–H and O–H groups in total. The Kier molecular flexibility index (Phi) is 4.53. The van der Waals surface area contributed by atoms with Gasteiger partial charge in [0.25, 0.3) is 10.0 Å². The van der Waals surface area contributed by atoms with E-state index in [2.05, 4.69) is 24.8 Å². The number of ether oxygens (including phenoxy) is 1. The molecule has 144 valence electrons. The molecule has 0 radical (unpaired) electrons. The van der Waals surface area contributed by atoms with Crippen LogP contribution in [-0.4, -0.2) is 40.1 Å². The fourth-order valence-electron chi connectivity index (χ4n) is 2.64. The smallest absolute Gasteiger partial charge is 0.263 e. The number of fused-ring (bicyclic) bond motifs is 1. The molecule has 0 aromatic carbocycles. The number of pyridine rings is 2. The summed E-state index contributed by atoms with van der Waals surface area (Å²) in [6.07, 6.45) is 5.64. The van der Waals surface area contributed by atoms with Gasteiger partial charge in [0.2, 0.25) is 5.88 Å². The summed E-state index contributed by atoms with van der Waals surface area (Å²) in [5.74, 6) is 0.0997. The minimum Gasteiger partial charge on any atom is -0.480 e. The van der Waals surface area contributed by atoms with Crippen molar-refractivity contribution < 1.29 is 13.2 Å². The highest BCUT2D eigenvalue weighted by Crippen LogP contribution is 2.29. The van der Waals surface area contributed by atoms with Crippen LogP contribution in [0.25, 0.3) is 16.9 Å². The molecule has 4 heterocycles. The molecule has 0 saturated carbocycles. The zero-order chi connectivity index (χ0) is 20.4. The summed E-state index contributed by atoms with van der Waals surface area (Å²) in [4.78, 5) is 12.1. The molecule has 10 nitrogen and oxygen atoms in total. The van der Waals surface area contributed by atoms with Crippen molar-refractivity contribution in [3.8, 4) is 23.2 Å². The van der Waals surface area contributed by atoms with Crippen molar-refractivity contribution in [1.29, 1.82) is 5.26 Å². The quantitative estimate of drug-likeness (QED) is 0.530. The normalized spacial score (nSPS) is 11.2. The molecular formula is C18H13N7O3S. The van der Waals surface area contributed by atoms with E-state index in [4.69, 9.17) is 4.74 Å². The lowest BCUT2D eigenvalue weighted by molar-refractivity contribution is 0.400. The third-order valence-corrected chi connectivity index (χ3v) is 5.36. The zero-order valence-electron chi connectivity index (χ0n) is 15.0. The number of anilines is 1. The third kappa shape index (κ3) is 3.44. The number of nitrogens with one attached hydrogen (secondary N) is 1. The number of aromatic nitrogens is 5. The Morgan fingerprint density at radius 2 is 2.03 bits per heavy atom. The van der Waals surface area contributed by atoms with E-state index in [1.165, 1.54) is 48.5 Å². The first-order chi connectivity index (χ1) is 14.0. The lowest BCUT2D eigenvalue weighted by Gasteiger charge is -2.12. The molecule has 11 heteroatoms. The van der Waals surface area contributed by atoms with Gasteiger partial charge in [-0.15, -0.1) is 0 Å². The molecule has 0 aliphatic rings. The van der Waals surface area contributed by atoms with Crippen LogP contribution < -0.4 is 9.46 Å². The number of nitriles is 1. The van der Waals surface area contributed by atoms with Gasteiger partial charge in [-0.2, -0.15) is 10.4 Å². The Hall–Kier alpha value is -4.04. The summed E-state index contributed by atoms with van der Waals surface area (Å²) in [7, 11) is -2.50. The van der Waals surface area contributed by atoms with Gasteiger partial charge < -0.3 is 4.74 Å². The number of methoxy groups -OCH3 is 1. The van der Waals surface area contributed by atoms with E-state index in [9.17, 15) is 13.7 Å². The van der Waals surface area contributed by atoms with Gasteiger partial charge >= 0.3 is 0 Å². The van der Waals surface area contributed by atoms with Crippen LogP contribution in [0.5, 0.6) is 5.88 Å². The molecule has 0 atom stereocenters. The third-order valence-electron chi connectivity index (χ3n) is 4.01. The van der Waals surface area contributed by atoms with Crippen molar-refractivity contribution in [3.63, 3.8) is 0 Å². The SMILES string of the molecule is COc1ncc(-c2ccc3ncc(C#N)n3n2)cc1NS(=O)(=O)c1cccnc1. The lowest BCUT2D eigenvalue weighted by Crippen LogP contribution is -2.14. The summed E-state index contributed by atoms with van der Waals surface area (Å²) < 4.78 is 34.3. The average molecular weight is 407 g/mol. The van der Waals surface area contributed by atoms with Crippen molar-refractivity contribution in [2.45, 2.75) is 4.90 Å². The van der Waals surface area contributed by atoms with Gasteiger partial charge in [0.1, 0.15) is 16.7 Å². The van der Waals surface area contributed by atoms with E-state index in [1.54, 1.807) is 18.2 Å². The Morgan fingerprint density at radius 1 is 1.17 bits per heavy atom. The largest absolute Gasteiger partial charge is 0.480 e. The number of hydrogen-bond donors (Lipinski definition) is 1. The second-order valence-electron chi connectivity index (χ2n) is 5.82. The van der Waals surface area contributed by atoms with Crippen LogP contribution in [0.1, 0.15) is 5.69 Å². The van der Waals surface area contributed by atoms with Gasteiger partial charge in [-0.3, -0.25) is 9.71 Å². The molecule has 4 aromatic rings. The Balaban J connectivity index is 1.77. The fraction of sp³-hybridized carbons (Fsp3) is 0.0556. The van der Waals surface area contributed by atoms with Crippen molar-refractivity contribution in [3.05, 3.63) is 60.8 Å². The van der Waals surface area contributed by atoms with Gasteiger partial charge in [0.15, 0.2) is 11.3 Å². The number of sulfonamides is 1. The second kappa shape index (κ2) is 7.17. The van der Waals surface area contributed by atoms with E-state index < -0.39 is 10.0 Å². The monoisotopic (exact) mass is 407 g/mol. The summed E-state index contributed by atoms with van der Waals surface area (Å²) in [5.41, 5.74) is 1.94. The highest BCUT2D eigenvalue weighted by atomic mass is 32.2. The summed E-state index contributed by atoms with van der Waals surface area (Å²) in [6.45, 7) is 0. The molecule has 0 saturated heterocycles. The highest BCUT2D eigenvalue weighted by Gasteiger charge is 2.18. The van der Waals surface area contributed by atoms with Crippen LogP contribution in [0, 0.1) is 11.3 Å². The van der Waals surface area contributed by atoms with Crippen molar-refractivity contribution in [2.75, 3.05) is 11.8 Å². The fourth-order valence-corrected chi connectivity index (χ4v) is 3.65. The maximum Gasteiger partial charge on any atom is 0.263 e. The van der Waals surface area contributed by atoms with Crippen LogP contribution in [-0.2, 0) is 10.0 Å². The lowest BCUT2D eigenvalue weighted by atomic mass is 10.2. The van der Waals surface area contributed by atoms with Gasteiger partial charge in [-0.1, -0.05) is 0 Å². The molecule has 0 fully saturated rings. The minimum absolute atomic E-state index is 0.00378. The molecule has 29 heavy (non-hydrogen) atoms. The van der Waals surface area contributed by atoms with Crippen LogP contribution in [0.15, 0.2) is 60.0 Å². The molecule has 0 aliphatic carbocycles. The molecule has 0 amide bonds. The van der Waals surface area contributed by atoms with Gasteiger partial charge in [-0.05, 0) is 30.3 Å². The Labute approximate surface area is 165 Å². The molecule has 0 spiro atoms. The number of hydrogen-bond acceptors (Lipinski definition) is 8. The topological polar surface area (TPSA) is 135 Å². The first-order valence-electron chi connectivity index (χ1n) is 8.24. The van der Waals surface area contributed by atoms with E-state index >= 15 is 0 Å². The molecule has 4 rings (SSSR count). The van der Waals surface area contributed by atoms with Crippen LogP contribution in [0.2, 0.25) is 0 Å². The molecule has 0 bridgehead atoms. The predicted molar refractivity (Wildman–Crippen MR) is 103 cm³/mol. The second-order valence-corrected chi connectivity index (χ2v) is 7.50. The summed E-state index contributed by atoms with van der Waals surface area (Å²) >= 11 is 0. The first kappa shape index (κ1) is 18.3. The van der Waals surface area contributed by atoms with Crippen molar-refractivity contribution in [1.82, 2.24) is 24.6 Å². The van der Waals surface area contributed by atoms with E-state index in [1.807, 2.05) is 6.07 Å². The number of rotatable bonds is 5. The van der Waals surface area contributed by atoms with Gasteiger partial charge in [0, 0.05) is 24.2 Å². The Bertz CT molecular complexity index is 1350. The number of nitrogens with zero attached hydrogens (tertiary/aromatic N) is 6. The predicted octanol–water partition coefficient (Wildman–Crippen LogP) is 1.87. The maximum absolute atomic E-state index is 12.6. The van der Waals surface area contributed by atoms with E-state index in [0.29, 0.717) is 16.9 Å². The Morgan fingerprint density at radius 3 is 2.76 bits per heavy atom. The molecular weight excluding hydrogens is 394 g/mol. The minimum atomic E-state index is -3.89. The standard InChI is InChI=1S/C18H13N7O3S/c1-28-18-16(24-29(26,27)14-3-2-6-20-11-14)7-12(9-22-18)15-4-5-17-21-10-13(8-19)25(17)23-15/h2-7,9-11,24H,1H3. The van der Waals surface area contributed by atoms with E-state index in [-0.39, 0.29) is 22.2 Å². The molecule has 4 aromatic heterocycles. The van der Waals surface area contributed by atoms with Gasteiger partial charge in [0.05, 0.1) is 19.0 Å². The van der Waals surface area contributed by atoms with Crippen LogP contribution in [0.3, 0.4) is 0 Å². The van der Waals surface area contributed by atoms with Crippen molar-refractivity contribution in [2.24, 2.45) is 0 Å². The average Bonchev–Trinajstić information content (AvgIpc) is 3.16. The first-order valence-corrected chi connectivity index (χ1v) is 9.72. The maximum atomic E-state index is 12.6. The zero-order valence-corrected chi connectivity index (χ0v) is 15.8. The van der Waals surface area contributed by atoms with E-state index in [0.717, 1.165) is 0 Å². The summed E-state index contributed by atoms with van der Waals surface area (Å²) in [6, 6.07) is 9.92. The van der Waals surface area contributed by atoms with Crippen LogP contribution in [0.4, 0.5) is 5.69 Å². The van der Waals surface area contributed by atoms with Crippen molar-refractivity contribution >= 4 is 21.4 Å². The summed E-state index contributed by atoms with van der Waals surface area (Å²) in [5, 5.41) is 13.6. The van der Waals surface area contributed by atoms with Gasteiger partial charge in [-0.25, -0.2) is 22.9 Å². The molecule has 0 unspecified atom stereocenters. The number of imidazole rings is 1.